The van der Waals surface area contributed by atoms with Gasteiger partial charge in [0.15, 0.2) is 0 Å². The summed E-state index contributed by atoms with van der Waals surface area (Å²) in [5, 5.41) is 9.89. The van der Waals surface area contributed by atoms with Crippen molar-refractivity contribution in [2.24, 2.45) is 0 Å². The molecule has 0 fully saturated rings. The lowest BCUT2D eigenvalue weighted by atomic mass is 10.0. The molecule has 3 N–H and O–H groups in total. The fourth-order valence-corrected chi connectivity index (χ4v) is 2.97. The summed E-state index contributed by atoms with van der Waals surface area (Å²) in [7, 11) is 0. The quantitative estimate of drug-likeness (QED) is 0.533. The summed E-state index contributed by atoms with van der Waals surface area (Å²) in [5.74, 6) is -0.377. The number of benzene rings is 2. The van der Waals surface area contributed by atoms with Gasteiger partial charge in [0.05, 0.1) is 23.2 Å². The summed E-state index contributed by atoms with van der Waals surface area (Å²) in [6, 6.07) is 12.2. The summed E-state index contributed by atoms with van der Waals surface area (Å²) >= 11 is 12.2. The van der Waals surface area contributed by atoms with Gasteiger partial charge in [-0.15, -0.1) is 0 Å². The lowest BCUT2D eigenvalue weighted by molar-refractivity contribution is -0.120. The molecule has 0 bridgehead atoms. The molecule has 7 heteroatoms. The van der Waals surface area contributed by atoms with Gasteiger partial charge in [0.1, 0.15) is 0 Å². The number of amides is 2. The highest BCUT2D eigenvalue weighted by atomic mass is 35.5. The number of nitrogens with one attached hydrogen (secondary N) is 3. The third-order valence-corrected chi connectivity index (χ3v) is 5.31. The van der Waals surface area contributed by atoms with Crippen molar-refractivity contribution in [3.8, 4) is 0 Å². The highest BCUT2D eigenvalue weighted by molar-refractivity contribution is 6.34. The van der Waals surface area contributed by atoms with Crippen LogP contribution in [0, 0.1) is 0 Å². The van der Waals surface area contributed by atoms with E-state index in [0.29, 0.717) is 21.3 Å². The number of carbonyl (C=O) groups excluding carboxylic acids is 2. The van der Waals surface area contributed by atoms with E-state index in [2.05, 4.69) is 16.0 Å². The van der Waals surface area contributed by atoms with Crippen LogP contribution in [0.2, 0.25) is 10.0 Å². The number of carbonyl (C=O) groups is 2. The standard InChI is InChI=1S/C22H27Cl2N3O2/c1-5-22(3,4)27-21(29)18-11-10-17(12-19(18)24)25-13-20(28)26-14(2)15-6-8-16(23)9-7-15/h6-12,14,25H,5,13H2,1-4H3,(H,26,28)(H,27,29). The topological polar surface area (TPSA) is 70.2 Å². The maximum atomic E-state index is 12.4. The molecule has 2 aromatic rings. The minimum atomic E-state index is -0.309. The Morgan fingerprint density at radius 3 is 2.31 bits per heavy atom. The summed E-state index contributed by atoms with van der Waals surface area (Å²) in [6.07, 6.45) is 0.805. The average Bonchev–Trinajstić information content (AvgIpc) is 2.66. The van der Waals surface area contributed by atoms with Crippen molar-refractivity contribution < 1.29 is 9.59 Å². The van der Waals surface area contributed by atoms with Crippen molar-refractivity contribution in [2.45, 2.75) is 45.7 Å². The molecule has 0 saturated heterocycles. The summed E-state index contributed by atoms with van der Waals surface area (Å²) in [6.45, 7) is 7.91. The molecule has 0 heterocycles. The molecule has 0 spiro atoms. The van der Waals surface area contributed by atoms with Crippen LogP contribution >= 0.6 is 23.2 Å². The Balaban J connectivity index is 1.92. The largest absolute Gasteiger partial charge is 0.376 e. The van der Waals surface area contributed by atoms with E-state index in [4.69, 9.17) is 23.2 Å². The second-order valence-corrected chi connectivity index (χ2v) is 8.42. The van der Waals surface area contributed by atoms with Gasteiger partial charge in [-0.2, -0.15) is 0 Å². The molecule has 0 aliphatic heterocycles. The van der Waals surface area contributed by atoms with Crippen LogP contribution in [0.4, 0.5) is 5.69 Å². The van der Waals surface area contributed by atoms with E-state index in [1.807, 2.05) is 39.8 Å². The van der Waals surface area contributed by atoms with Crippen molar-refractivity contribution in [2.75, 3.05) is 11.9 Å². The fourth-order valence-electron chi connectivity index (χ4n) is 2.58. The minimum Gasteiger partial charge on any atom is -0.376 e. The number of rotatable bonds is 8. The first-order valence-electron chi connectivity index (χ1n) is 9.52. The van der Waals surface area contributed by atoms with Crippen molar-refractivity contribution in [1.29, 1.82) is 0 Å². The Labute approximate surface area is 182 Å². The molecular weight excluding hydrogens is 409 g/mol. The lowest BCUT2D eigenvalue weighted by Gasteiger charge is -2.24. The third kappa shape index (κ3) is 6.94. The maximum absolute atomic E-state index is 12.4. The second-order valence-electron chi connectivity index (χ2n) is 7.58. The highest BCUT2D eigenvalue weighted by Gasteiger charge is 2.20. The minimum absolute atomic E-state index is 0.0860. The Morgan fingerprint density at radius 1 is 1.07 bits per heavy atom. The fraction of sp³-hybridized carbons (Fsp3) is 0.364. The normalized spacial score (nSPS) is 12.2. The van der Waals surface area contributed by atoms with Gasteiger partial charge in [0, 0.05) is 16.2 Å². The van der Waals surface area contributed by atoms with Gasteiger partial charge in [-0.05, 0) is 63.1 Å². The number of hydrogen-bond donors (Lipinski definition) is 3. The molecule has 0 aliphatic carbocycles. The average molecular weight is 436 g/mol. The van der Waals surface area contributed by atoms with Crippen molar-refractivity contribution in [1.82, 2.24) is 10.6 Å². The molecule has 5 nitrogen and oxygen atoms in total. The number of anilines is 1. The highest BCUT2D eigenvalue weighted by Crippen LogP contribution is 2.22. The van der Waals surface area contributed by atoms with Crippen LogP contribution in [-0.4, -0.2) is 23.9 Å². The molecule has 29 heavy (non-hydrogen) atoms. The molecule has 0 aromatic heterocycles. The lowest BCUT2D eigenvalue weighted by Crippen LogP contribution is -2.42. The van der Waals surface area contributed by atoms with Gasteiger partial charge >= 0.3 is 0 Å². The SMILES string of the molecule is CCC(C)(C)NC(=O)c1ccc(NCC(=O)NC(C)c2ccc(Cl)cc2)cc1Cl. The van der Waals surface area contributed by atoms with Gasteiger partial charge in [-0.25, -0.2) is 0 Å². The van der Waals surface area contributed by atoms with Crippen LogP contribution in [0.25, 0.3) is 0 Å². The Morgan fingerprint density at radius 2 is 1.72 bits per heavy atom. The molecule has 0 aliphatic rings. The van der Waals surface area contributed by atoms with Crippen molar-refractivity contribution >= 4 is 40.7 Å². The summed E-state index contributed by atoms with van der Waals surface area (Å²) in [5.41, 5.74) is 1.72. The van der Waals surface area contributed by atoms with E-state index < -0.39 is 0 Å². The monoisotopic (exact) mass is 435 g/mol. The molecule has 2 rings (SSSR count). The van der Waals surface area contributed by atoms with Crippen LogP contribution in [0.1, 0.15) is 56.1 Å². The van der Waals surface area contributed by atoms with Crippen LogP contribution < -0.4 is 16.0 Å². The van der Waals surface area contributed by atoms with E-state index in [1.54, 1.807) is 30.3 Å². The zero-order valence-electron chi connectivity index (χ0n) is 17.1. The first kappa shape index (κ1) is 23.0. The molecule has 156 valence electrons. The van der Waals surface area contributed by atoms with E-state index >= 15 is 0 Å². The van der Waals surface area contributed by atoms with Gasteiger partial charge < -0.3 is 16.0 Å². The number of hydrogen-bond acceptors (Lipinski definition) is 3. The van der Waals surface area contributed by atoms with Gasteiger partial charge in [0.25, 0.3) is 5.91 Å². The summed E-state index contributed by atoms with van der Waals surface area (Å²) < 4.78 is 0. The van der Waals surface area contributed by atoms with Gasteiger partial charge in [-0.1, -0.05) is 42.3 Å². The maximum Gasteiger partial charge on any atom is 0.253 e. The Hall–Kier alpha value is -2.24. The molecular formula is C22H27Cl2N3O2. The Kier molecular flexibility index (Phi) is 7.94. The number of halogens is 2. The molecule has 2 amide bonds. The predicted molar refractivity (Wildman–Crippen MR) is 120 cm³/mol. The van der Waals surface area contributed by atoms with Gasteiger partial charge in [0.2, 0.25) is 5.91 Å². The predicted octanol–water partition coefficient (Wildman–Crippen LogP) is 5.20. The molecule has 1 atom stereocenters. The smallest absolute Gasteiger partial charge is 0.253 e. The molecule has 2 aromatic carbocycles. The zero-order valence-corrected chi connectivity index (χ0v) is 18.6. The van der Waals surface area contributed by atoms with Crippen LogP contribution in [-0.2, 0) is 4.79 Å². The second kappa shape index (κ2) is 9.99. The van der Waals surface area contributed by atoms with Crippen LogP contribution in [0.15, 0.2) is 42.5 Å². The Bertz CT molecular complexity index is 867. The van der Waals surface area contributed by atoms with Gasteiger partial charge in [-0.3, -0.25) is 9.59 Å². The van der Waals surface area contributed by atoms with E-state index in [-0.39, 0.29) is 29.9 Å². The zero-order chi connectivity index (χ0) is 21.6. The molecule has 0 radical (unpaired) electrons. The molecule has 1 unspecified atom stereocenters. The van der Waals surface area contributed by atoms with E-state index in [9.17, 15) is 9.59 Å². The van der Waals surface area contributed by atoms with Crippen LogP contribution in [0.5, 0.6) is 0 Å². The van der Waals surface area contributed by atoms with Crippen LogP contribution in [0.3, 0.4) is 0 Å². The first-order chi connectivity index (χ1) is 13.6. The first-order valence-corrected chi connectivity index (χ1v) is 10.3. The summed E-state index contributed by atoms with van der Waals surface area (Å²) in [4.78, 5) is 24.6. The van der Waals surface area contributed by atoms with Crippen molar-refractivity contribution in [3.05, 3.63) is 63.6 Å². The van der Waals surface area contributed by atoms with E-state index in [0.717, 1.165) is 12.0 Å². The van der Waals surface area contributed by atoms with E-state index in [1.165, 1.54) is 0 Å². The molecule has 0 saturated carbocycles. The third-order valence-electron chi connectivity index (χ3n) is 4.75. The van der Waals surface area contributed by atoms with Crippen molar-refractivity contribution in [3.63, 3.8) is 0 Å².